The van der Waals surface area contributed by atoms with E-state index in [1.165, 1.54) is 16.1 Å². The van der Waals surface area contributed by atoms with Gasteiger partial charge in [-0.15, -0.1) is 11.3 Å². The lowest BCUT2D eigenvalue weighted by atomic mass is 9.89. The van der Waals surface area contributed by atoms with Gasteiger partial charge in [-0.05, 0) is 31.9 Å². The van der Waals surface area contributed by atoms with Gasteiger partial charge in [0.1, 0.15) is 5.01 Å². The number of nitrogens with one attached hydrogen (secondary N) is 1. The molecule has 1 aliphatic heterocycles. The number of hydrogen-bond donors (Lipinski definition) is 1. The monoisotopic (exact) mass is 372 g/mol. The topological polar surface area (TPSA) is 48.5 Å². The number of nitrogens with zero attached hydrogens (tertiary/aromatic N) is 3. The van der Waals surface area contributed by atoms with Gasteiger partial charge in [-0.3, -0.25) is 9.69 Å². The molecule has 1 saturated heterocycles. The third-order valence-corrected chi connectivity index (χ3v) is 6.01. The summed E-state index contributed by atoms with van der Waals surface area (Å²) in [6.07, 6.45) is 3.98. The lowest BCUT2D eigenvalue weighted by Crippen LogP contribution is -2.52. The fraction of sp³-hybridized carbons (Fsp3) is 0.500. The number of aromatic nitrogens is 1. The molecule has 3 rings (SSSR count). The van der Waals surface area contributed by atoms with Crippen LogP contribution in [-0.2, 0) is 11.3 Å². The Morgan fingerprint density at radius 1 is 1.35 bits per heavy atom. The second kappa shape index (κ2) is 7.76. The summed E-state index contributed by atoms with van der Waals surface area (Å²) in [5, 5.41) is 4.18. The predicted octanol–water partition coefficient (Wildman–Crippen LogP) is 3.37. The summed E-state index contributed by atoms with van der Waals surface area (Å²) in [6.45, 7) is 6.68. The molecule has 0 atom stereocenters. The van der Waals surface area contributed by atoms with Crippen molar-refractivity contribution in [2.75, 3.05) is 32.1 Å². The van der Waals surface area contributed by atoms with Crippen LogP contribution in [-0.4, -0.2) is 48.5 Å². The second-order valence-corrected chi connectivity index (χ2v) is 8.71. The first-order chi connectivity index (χ1) is 12.3. The molecule has 2 heterocycles. The number of amides is 1. The van der Waals surface area contributed by atoms with Gasteiger partial charge < -0.3 is 10.2 Å². The van der Waals surface area contributed by atoms with Crippen LogP contribution in [0.15, 0.2) is 30.5 Å². The molecule has 0 saturated carbocycles. The summed E-state index contributed by atoms with van der Waals surface area (Å²) >= 11 is 1.77. The summed E-state index contributed by atoms with van der Waals surface area (Å²) in [4.78, 5) is 21.9. The zero-order valence-electron chi connectivity index (χ0n) is 16.1. The van der Waals surface area contributed by atoms with Gasteiger partial charge in [-0.2, -0.15) is 0 Å². The summed E-state index contributed by atoms with van der Waals surface area (Å²) in [5.74, 6) is 0.0630. The van der Waals surface area contributed by atoms with E-state index in [9.17, 15) is 4.79 Å². The molecule has 1 N–H and O–H groups in total. The van der Waals surface area contributed by atoms with Gasteiger partial charge in [0.05, 0.1) is 0 Å². The quantitative estimate of drug-likeness (QED) is 0.874. The average Bonchev–Trinajstić information content (AvgIpc) is 3.05. The van der Waals surface area contributed by atoms with Crippen LogP contribution in [0, 0.1) is 0 Å². The molecule has 140 valence electrons. The van der Waals surface area contributed by atoms with Crippen LogP contribution in [0.2, 0.25) is 0 Å². The molecule has 1 amide bonds. The van der Waals surface area contributed by atoms with Gasteiger partial charge in [0.25, 0.3) is 0 Å². The second-order valence-electron chi connectivity index (χ2n) is 7.59. The van der Waals surface area contributed by atoms with Gasteiger partial charge in [0, 0.05) is 68.5 Å². The van der Waals surface area contributed by atoms with E-state index < -0.39 is 0 Å². The molecule has 0 aliphatic carbocycles. The molecule has 6 heteroatoms. The number of rotatable bonds is 5. The van der Waals surface area contributed by atoms with Crippen molar-refractivity contribution in [2.45, 2.75) is 38.8 Å². The minimum atomic E-state index is -0.0617. The highest BCUT2D eigenvalue weighted by Gasteiger charge is 2.30. The van der Waals surface area contributed by atoms with Crippen LogP contribution < -0.4 is 10.2 Å². The maximum atomic E-state index is 11.4. The molecule has 0 bridgehead atoms. The van der Waals surface area contributed by atoms with E-state index in [-0.39, 0.29) is 11.4 Å². The van der Waals surface area contributed by atoms with Gasteiger partial charge in [-0.1, -0.05) is 12.1 Å². The third-order valence-electron chi connectivity index (χ3n) is 4.98. The number of benzene rings is 1. The largest absolute Gasteiger partial charge is 0.378 e. The Hall–Kier alpha value is -1.92. The van der Waals surface area contributed by atoms with Crippen LogP contribution in [0.3, 0.4) is 0 Å². The summed E-state index contributed by atoms with van der Waals surface area (Å²) in [6, 6.07) is 8.49. The minimum absolute atomic E-state index is 0.0617. The Labute approximate surface area is 160 Å². The molecule has 0 unspecified atom stereocenters. The number of likely N-dealkylation sites (tertiary alicyclic amines) is 1. The van der Waals surface area contributed by atoms with Gasteiger partial charge >= 0.3 is 0 Å². The van der Waals surface area contributed by atoms with Crippen molar-refractivity contribution in [1.29, 1.82) is 0 Å². The summed E-state index contributed by atoms with van der Waals surface area (Å²) in [5.41, 5.74) is 2.30. The number of hydrogen-bond acceptors (Lipinski definition) is 5. The molecule has 26 heavy (non-hydrogen) atoms. The fourth-order valence-corrected chi connectivity index (χ4v) is 4.36. The van der Waals surface area contributed by atoms with Crippen molar-refractivity contribution in [3.8, 4) is 10.6 Å². The highest BCUT2D eigenvalue weighted by Crippen LogP contribution is 2.30. The van der Waals surface area contributed by atoms with E-state index in [4.69, 9.17) is 0 Å². The molecule has 1 aromatic heterocycles. The van der Waals surface area contributed by atoms with Crippen molar-refractivity contribution in [3.63, 3.8) is 0 Å². The smallest absolute Gasteiger partial charge is 0.217 e. The maximum absolute atomic E-state index is 11.4. The molecular formula is C20H28N4OS. The van der Waals surface area contributed by atoms with Crippen LogP contribution in [0.1, 0.15) is 31.6 Å². The standard InChI is InChI=1S/C20H28N4OS/c1-15(25)22-20(2)8-10-24(11-9-20)14-18-13-21-19(26-18)16-6-5-7-17(12-16)23(3)4/h5-7,12-13H,8-11,14H2,1-4H3,(H,22,25). The first-order valence-corrected chi connectivity index (χ1v) is 9.90. The van der Waals surface area contributed by atoms with E-state index in [1.54, 1.807) is 18.3 Å². The van der Waals surface area contributed by atoms with Crippen LogP contribution in [0.5, 0.6) is 0 Å². The van der Waals surface area contributed by atoms with Gasteiger partial charge in [0.2, 0.25) is 5.91 Å². The van der Waals surface area contributed by atoms with E-state index in [0.29, 0.717) is 0 Å². The number of carbonyl (C=O) groups is 1. The zero-order chi connectivity index (χ0) is 18.7. The van der Waals surface area contributed by atoms with Crippen LogP contribution >= 0.6 is 11.3 Å². The van der Waals surface area contributed by atoms with Crippen LogP contribution in [0.4, 0.5) is 5.69 Å². The summed E-state index contributed by atoms with van der Waals surface area (Å²) < 4.78 is 0. The van der Waals surface area contributed by atoms with E-state index in [0.717, 1.165) is 37.5 Å². The van der Waals surface area contributed by atoms with E-state index in [1.807, 2.05) is 6.20 Å². The summed E-state index contributed by atoms with van der Waals surface area (Å²) in [7, 11) is 4.11. The normalized spacial score (nSPS) is 17.1. The fourth-order valence-electron chi connectivity index (χ4n) is 3.41. The zero-order valence-corrected chi connectivity index (χ0v) is 16.9. The molecule has 0 spiro atoms. The van der Waals surface area contributed by atoms with Crippen molar-refractivity contribution in [1.82, 2.24) is 15.2 Å². The van der Waals surface area contributed by atoms with E-state index in [2.05, 4.69) is 65.4 Å². The molecular weight excluding hydrogens is 344 g/mol. The number of thiazole rings is 1. The molecule has 5 nitrogen and oxygen atoms in total. The molecule has 2 aromatic rings. The maximum Gasteiger partial charge on any atom is 0.217 e. The molecule has 1 aromatic carbocycles. The van der Waals surface area contributed by atoms with Crippen molar-refractivity contribution < 1.29 is 4.79 Å². The Balaban J connectivity index is 1.61. The highest BCUT2D eigenvalue weighted by molar-refractivity contribution is 7.15. The Morgan fingerprint density at radius 3 is 2.73 bits per heavy atom. The SMILES string of the molecule is CC(=O)NC1(C)CCN(Cc2cnc(-c3cccc(N(C)C)c3)s2)CC1. The lowest BCUT2D eigenvalue weighted by Gasteiger charge is -2.39. The number of piperidine rings is 1. The number of anilines is 1. The van der Waals surface area contributed by atoms with Crippen molar-refractivity contribution in [3.05, 3.63) is 35.3 Å². The lowest BCUT2D eigenvalue weighted by molar-refractivity contribution is -0.121. The Kier molecular flexibility index (Phi) is 5.63. The van der Waals surface area contributed by atoms with E-state index >= 15 is 0 Å². The predicted molar refractivity (Wildman–Crippen MR) is 109 cm³/mol. The number of carbonyl (C=O) groups excluding carboxylic acids is 1. The molecule has 1 fully saturated rings. The Morgan fingerprint density at radius 2 is 2.08 bits per heavy atom. The molecule has 1 aliphatic rings. The van der Waals surface area contributed by atoms with Gasteiger partial charge in [-0.25, -0.2) is 4.98 Å². The third kappa shape index (κ3) is 4.62. The highest BCUT2D eigenvalue weighted by atomic mass is 32.1. The van der Waals surface area contributed by atoms with Crippen LogP contribution in [0.25, 0.3) is 10.6 Å². The van der Waals surface area contributed by atoms with Crippen molar-refractivity contribution >= 4 is 22.9 Å². The van der Waals surface area contributed by atoms with Crippen molar-refractivity contribution in [2.24, 2.45) is 0 Å². The first-order valence-electron chi connectivity index (χ1n) is 9.08. The first kappa shape index (κ1) is 18.9. The van der Waals surface area contributed by atoms with Gasteiger partial charge in [0.15, 0.2) is 0 Å². The Bertz CT molecular complexity index is 763. The minimum Gasteiger partial charge on any atom is -0.378 e. The molecule has 0 radical (unpaired) electrons. The average molecular weight is 373 g/mol.